The van der Waals surface area contributed by atoms with Gasteiger partial charge in [0, 0.05) is 0 Å². The van der Waals surface area contributed by atoms with Crippen molar-refractivity contribution in [2.75, 3.05) is 0 Å². The van der Waals surface area contributed by atoms with E-state index >= 15 is 0 Å². The first-order valence-electron chi connectivity index (χ1n) is 5.97. The van der Waals surface area contributed by atoms with Crippen LogP contribution in [0.25, 0.3) is 11.1 Å². The zero-order valence-corrected chi connectivity index (χ0v) is 10.4. The van der Waals surface area contributed by atoms with Gasteiger partial charge in [-0.2, -0.15) is 13.2 Å². The van der Waals surface area contributed by atoms with Crippen LogP contribution in [0.5, 0.6) is 0 Å². The van der Waals surface area contributed by atoms with Gasteiger partial charge in [-0.25, -0.2) is 0 Å². The van der Waals surface area contributed by atoms with Gasteiger partial charge in [0.1, 0.15) is 0 Å². The van der Waals surface area contributed by atoms with E-state index in [2.05, 4.69) is 0 Å². The molecule has 5 heteroatoms. The highest BCUT2D eigenvalue weighted by Gasteiger charge is 2.39. The molecule has 0 fully saturated rings. The minimum absolute atomic E-state index is 0.0985. The molecule has 0 saturated heterocycles. The van der Waals surface area contributed by atoms with Crippen LogP contribution >= 0.6 is 0 Å². The average molecular weight is 282 g/mol. The van der Waals surface area contributed by atoms with E-state index in [1.54, 1.807) is 24.3 Å². The summed E-state index contributed by atoms with van der Waals surface area (Å²) in [6.45, 7) is -0.0985. The van der Waals surface area contributed by atoms with Gasteiger partial charge in [0.05, 0.1) is 6.61 Å². The maximum absolute atomic E-state index is 12.4. The summed E-state index contributed by atoms with van der Waals surface area (Å²) in [5.74, 6) is 0. The minimum atomic E-state index is -4.67. The molecule has 2 nitrogen and oxygen atoms in total. The highest BCUT2D eigenvalue weighted by molar-refractivity contribution is 5.64. The van der Waals surface area contributed by atoms with Crippen molar-refractivity contribution >= 4 is 0 Å². The SMILES string of the molecule is OCc1cccc(-c2ccc([C@@H](O)C(F)(F)F)cc2)c1. The zero-order chi connectivity index (χ0) is 14.8. The highest BCUT2D eigenvalue weighted by atomic mass is 19.4. The number of benzene rings is 2. The smallest absolute Gasteiger partial charge is 0.392 e. The molecular weight excluding hydrogens is 269 g/mol. The first-order chi connectivity index (χ1) is 9.41. The standard InChI is InChI=1S/C15H13F3O2/c16-15(17,18)14(20)12-6-4-11(5-7-12)13-3-1-2-10(8-13)9-19/h1-8,14,19-20H,9H2/t14-/m1/s1. The van der Waals surface area contributed by atoms with Crippen LogP contribution in [0, 0.1) is 0 Å². The summed E-state index contributed by atoms with van der Waals surface area (Å²) >= 11 is 0. The Morgan fingerprint density at radius 2 is 1.60 bits per heavy atom. The maximum Gasteiger partial charge on any atom is 0.418 e. The Bertz CT molecular complexity index is 576. The Hall–Kier alpha value is -1.85. The van der Waals surface area contributed by atoms with Gasteiger partial charge >= 0.3 is 6.18 Å². The minimum Gasteiger partial charge on any atom is -0.392 e. The van der Waals surface area contributed by atoms with Crippen LogP contribution in [0.15, 0.2) is 48.5 Å². The van der Waals surface area contributed by atoms with E-state index in [1.165, 1.54) is 24.3 Å². The van der Waals surface area contributed by atoms with E-state index in [1.807, 2.05) is 0 Å². The van der Waals surface area contributed by atoms with Crippen molar-refractivity contribution in [2.24, 2.45) is 0 Å². The predicted molar refractivity (Wildman–Crippen MR) is 68.8 cm³/mol. The molecule has 2 aromatic carbocycles. The average Bonchev–Trinajstić information content (AvgIpc) is 2.46. The second-order valence-corrected chi connectivity index (χ2v) is 4.42. The lowest BCUT2D eigenvalue weighted by molar-refractivity contribution is -0.206. The van der Waals surface area contributed by atoms with E-state index < -0.39 is 12.3 Å². The molecule has 0 amide bonds. The largest absolute Gasteiger partial charge is 0.418 e. The Labute approximate surface area is 114 Å². The summed E-state index contributed by atoms with van der Waals surface area (Å²) in [6, 6.07) is 12.6. The summed E-state index contributed by atoms with van der Waals surface area (Å²) in [5, 5.41) is 18.2. The third-order valence-electron chi connectivity index (χ3n) is 2.98. The molecular formula is C15H13F3O2. The number of rotatable bonds is 3. The molecule has 0 spiro atoms. The molecule has 20 heavy (non-hydrogen) atoms. The van der Waals surface area contributed by atoms with Crippen molar-refractivity contribution in [2.45, 2.75) is 18.9 Å². The van der Waals surface area contributed by atoms with Crippen LogP contribution in [0.1, 0.15) is 17.2 Å². The Kier molecular flexibility index (Phi) is 4.11. The Morgan fingerprint density at radius 3 is 2.15 bits per heavy atom. The fraction of sp³-hybridized carbons (Fsp3) is 0.200. The summed E-state index contributed by atoms with van der Waals surface area (Å²) in [4.78, 5) is 0. The molecule has 0 aliphatic heterocycles. The molecule has 1 atom stereocenters. The van der Waals surface area contributed by atoms with Crippen LogP contribution < -0.4 is 0 Å². The topological polar surface area (TPSA) is 40.5 Å². The molecule has 0 aliphatic rings. The third-order valence-corrected chi connectivity index (χ3v) is 2.98. The predicted octanol–water partition coefficient (Wildman–Crippen LogP) is 3.44. The zero-order valence-electron chi connectivity index (χ0n) is 10.4. The molecule has 2 aromatic rings. The van der Waals surface area contributed by atoms with Crippen molar-refractivity contribution in [3.63, 3.8) is 0 Å². The van der Waals surface area contributed by atoms with Crippen molar-refractivity contribution < 1.29 is 23.4 Å². The molecule has 0 saturated carbocycles. The normalized spacial score (nSPS) is 13.2. The van der Waals surface area contributed by atoms with Crippen molar-refractivity contribution in [1.29, 1.82) is 0 Å². The number of alkyl halides is 3. The Morgan fingerprint density at radius 1 is 0.950 bits per heavy atom. The Balaban J connectivity index is 2.28. The van der Waals surface area contributed by atoms with E-state index in [-0.39, 0.29) is 12.2 Å². The number of halogens is 3. The summed E-state index contributed by atoms with van der Waals surface area (Å²) in [5.41, 5.74) is 2.05. The molecule has 0 radical (unpaired) electrons. The van der Waals surface area contributed by atoms with Gasteiger partial charge in [-0.3, -0.25) is 0 Å². The van der Waals surface area contributed by atoms with Crippen molar-refractivity contribution in [3.8, 4) is 11.1 Å². The number of hydrogen-bond donors (Lipinski definition) is 2. The van der Waals surface area contributed by atoms with E-state index in [4.69, 9.17) is 10.2 Å². The first-order valence-corrected chi connectivity index (χ1v) is 5.97. The van der Waals surface area contributed by atoms with Crippen molar-refractivity contribution in [3.05, 3.63) is 59.7 Å². The summed E-state index contributed by atoms with van der Waals surface area (Å²) in [7, 11) is 0. The molecule has 0 unspecified atom stereocenters. The number of aliphatic hydroxyl groups is 2. The molecule has 0 bridgehead atoms. The monoisotopic (exact) mass is 282 g/mol. The van der Waals surface area contributed by atoms with Gasteiger partial charge in [-0.05, 0) is 28.3 Å². The van der Waals surface area contributed by atoms with Crippen molar-refractivity contribution in [1.82, 2.24) is 0 Å². The van der Waals surface area contributed by atoms with Gasteiger partial charge in [0.2, 0.25) is 0 Å². The second kappa shape index (κ2) is 5.64. The molecule has 0 heterocycles. The van der Waals surface area contributed by atoms with Crippen LogP contribution in [0.4, 0.5) is 13.2 Å². The van der Waals surface area contributed by atoms with Crippen LogP contribution in [0.3, 0.4) is 0 Å². The van der Waals surface area contributed by atoms with Gasteiger partial charge in [-0.1, -0.05) is 42.5 Å². The van der Waals surface area contributed by atoms with Gasteiger partial charge < -0.3 is 10.2 Å². The van der Waals surface area contributed by atoms with Crippen LogP contribution in [-0.2, 0) is 6.61 Å². The molecule has 0 aromatic heterocycles. The molecule has 0 aliphatic carbocycles. The number of hydrogen-bond acceptors (Lipinski definition) is 2. The number of aliphatic hydroxyl groups excluding tert-OH is 2. The molecule has 106 valence electrons. The van der Waals surface area contributed by atoms with E-state index in [0.717, 1.165) is 16.7 Å². The fourth-order valence-electron chi connectivity index (χ4n) is 1.90. The van der Waals surface area contributed by atoms with E-state index in [9.17, 15) is 13.2 Å². The third kappa shape index (κ3) is 3.18. The fourth-order valence-corrected chi connectivity index (χ4v) is 1.90. The highest BCUT2D eigenvalue weighted by Crippen LogP contribution is 2.33. The van der Waals surface area contributed by atoms with Gasteiger partial charge in [0.25, 0.3) is 0 Å². The maximum atomic E-state index is 12.4. The lowest BCUT2D eigenvalue weighted by Gasteiger charge is -2.15. The summed E-state index contributed by atoms with van der Waals surface area (Å²) in [6.07, 6.45) is -7.14. The van der Waals surface area contributed by atoms with Crippen LogP contribution in [-0.4, -0.2) is 16.4 Å². The lowest BCUT2D eigenvalue weighted by atomic mass is 10.0. The van der Waals surface area contributed by atoms with Crippen LogP contribution in [0.2, 0.25) is 0 Å². The lowest BCUT2D eigenvalue weighted by Crippen LogP contribution is -2.19. The van der Waals surface area contributed by atoms with Gasteiger partial charge in [-0.15, -0.1) is 0 Å². The first kappa shape index (κ1) is 14.6. The van der Waals surface area contributed by atoms with Gasteiger partial charge in [0.15, 0.2) is 6.10 Å². The molecule has 2 N–H and O–H groups in total. The second-order valence-electron chi connectivity index (χ2n) is 4.42. The molecule has 2 rings (SSSR count). The quantitative estimate of drug-likeness (QED) is 0.905. The summed E-state index contributed by atoms with van der Waals surface area (Å²) < 4.78 is 37.1. The van der Waals surface area contributed by atoms with E-state index in [0.29, 0.717) is 0 Å².